The van der Waals surface area contributed by atoms with Gasteiger partial charge in [-0.3, -0.25) is 9.78 Å². The highest BCUT2D eigenvalue weighted by molar-refractivity contribution is 7.80. The summed E-state index contributed by atoms with van der Waals surface area (Å²) in [6, 6.07) is 2.03. The Bertz CT molecular complexity index is 419. The van der Waals surface area contributed by atoms with Crippen molar-refractivity contribution in [2.24, 2.45) is 5.92 Å². The minimum atomic E-state index is 0.184. The molecule has 1 aliphatic rings. The molecule has 1 saturated heterocycles. The largest absolute Gasteiger partial charge is 0.311 e. The van der Waals surface area contributed by atoms with Gasteiger partial charge in [-0.15, -0.1) is 0 Å². The molecule has 1 amide bonds. The summed E-state index contributed by atoms with van der Waals surface area (Å²) in [4.78, 5) is 17.9. The standard InChI is InChI=1S/C12H16N2OS/c1-8-3-11(5-13-9(8)2)14-6-10(7-16)4-12(14)15/h3,5,10,16H,4,6-7H2,1-2H3. The Morgan fingerprint density at radius 3 is 2.88 bits per heavy atom. The Morgan fingerprint density at radius 1 is 1.56 bits per heavy atom. The predicted octanol–water partition coefficient (Wildman–Crippen LogP) is 1.98. The number of amides is 1. The van der Waals surface area contributed by atoms with E-state index in [2.05, 4.69) is 17.6 Å². The van der Waals surface area contributed by atoms with Crippen molar-refractivity contribution in [1.29, 1.82) is 0 Å². The fraction of sp³-hybridized carbons (Fsp3) is 0.500. The van der Waals surface area contributed by atoms with Gasteiger partial charge in [0.15, 0.2) is 0 Å². The topological polar surface area (TPSA) is 33.2 Å². The number of hydrogen-bond acceptors (Lipinski definition) is 3. The number of anilines is 1. The summed E-state index contributed by atoms with van der Waals surface area (Å²) in [7, 11) is 0. The average Bonchev–Trinajstić information content (AvgIpc) is 2.64. The van der Waals surface area contributed by atoms with Gasteiger partial charge < -0.3 is 4.90 Å². The predicted molar refractivity (Wildman–Crippen MR) is 68.0 cm³/mol. The third-order valence-electron chi connectivity index (χ3n) is 3.10. The van der Waals surface area contributed by atoms with Crippen molar-refractivity contribution < 1.29 is 4.79 Å². The third-order valence-corrected chi connectivity index (χ3v) is 3.62. The molecule has 1 fully saturated rings. The molecule has 0 saturated carbocycles. The molecule has 0 spiro atoms. The van der Waals surface area contributed by atoms with Gasteiger partial charge in [-0.25, -0.2) is 0 Å². The van der Waals surface area contributed by atoms with Crippen molar-refractivity contribution in [3.05, 3.63) is 23.5 Å². The molecule has 0 N–H and O–H groups in total. The van der Waals surface area contributed by atoms with Crippen LogP contribution >= 0.6 is 12.6 Å². The lowest BCUT2D eigenvalue weighted by molar-refractivity contribution is -0.117. The van der Waals surface area contributed by atoms with E-state index in [4.69, 9.17) is 0 Å². The molecule has 2 rings (SSSR count). The van der Waals surface area contributed by atoms with Crippen LogP contribution in [0.5, 0.6) is 0 Å². The fourth-order valence-electron chi connectivity index (χ4n) is 1.93. The summed E-state index contributed by atoms with van der Waals surface area (Å²) in [5.74, 6) is 1.32. The van der Waals surface area contributed by atoms with Gasteiger partial charge in [-0.1, -0.05) is 0 Å². The van der Waals surface area contributed by atoms with E-state index in [1.165, 1.54) is 0 Å². The van der Waals surface area contributed by atoms with E-state index in [1.54, 1.807) is 6.20 Å². The number of nitrogens with zero attached hydrogens (tertiary/aromatic N) is 2. The molecular weight excluding hydrogens is 220 g/mol. The Hall–Kier alpha value is -1.03. The zero-order valence-corrected chi connectivity index (χ0v) is 10.5. The fourth-order valence-corrected chi connectivity index (χ4v) is 2.17. The summed E-state index contributed by atoms with van der Waals surface area (Å²) in [5.41, 5.74) is 3.05. The quantitative estimate of drug-likeness (QED) is 0.797. The molecule has 1 aliphatic heterocycles. The molecule has 0 aromatic carbocycles. The third kappa shape index (κ3) is 2.07. The zero-order valence-electron chi connectivity index (χ0n) is 9.60. The second kappa shape index (κ2) is 4.45. The Morgan fingerprint density at radius 2 is 2.31 bits per heavy atom. The minimum absolute atomic E-state index is 0.184. The van der Waals surface area contributed by atoms with Crippen molar-refractivity contribution in [3.8, 4) is 0 Å². The molecule has 2 heterocycles. The molecule has 0 aliphatic carbocycles. The van der Waals surface area contributed by atoms with E-state index in [9.17, 15) is 4.79 Å². The first-order valence-electron chi connectivity index (χ1n) is 5.46. The van der Waals surface area contributed by atoms with Crippen LogP contribution in [0, 0.1) is 19.8 Å². The number of hydrogen-bond donors (Lipinski definition) is 1. The van der Waals surface area contributed by atoms with Gasteiger partial charge in [0.2, 0.25) is 5.91 Å². The highest BCUT2D eigenvalue weighted by atomic mass is 32.1. The summed E-state index contributed by atoms with van der Waals surface area (Å²) in [5, 5.41) is 0. The molecule has 1 aromatic rings. The van der Waals surface area contributed by atoms with Crippen LogP contribution in [0.4, 0.5) is 5.69 Å². The van der Waals surface area contributed by atoms with Crippen LogP contribution in [0.3, 0.4) is 0 Å². The van der Waals surface area contributed by atoms with Gasteiger partial charge >= 0.3 is 0 Å². The zero-order chi connectivity index (χ0) is 11.7. The monoisotopic (exact) mass is 236 g/mol. The summed E-state index contributed by atoms with van der Waals surface area (Å²) in [6.07, 6.45) is 2.39. The van der Waals surface area contributed by atoms with Gasteiger partial charge in [0.25, 0.3) is 0 Å². The lowest BCUT2D eigenvalue weighted by Crippen LogP contribution is -2.25. The minimum Gasteiger partial charge on any atom is -0.311 e. The SMILES string of the molecule is Cc1cc(N2CC(CS)CC2=O)cnc1C. The number of rotatable bonds is 2. The number of aromatic nitrogens is 1. The van der Waals surface area contributed by atoms with Crippen LogP contribution < -0.4 is 4.90 Å². The smallest absolute Gasteiger partial charge is 0.227 e. The van der Waals surface area contributed by atoms with E-state index in [1.807, 2.05) is 24.8 Å². The number of pyridine rings is 1. The van der Waals surface area contributed by atoms with Gasteiger partial charge in [0, 0.05) is 18.7 Å². The van der Waals surface area contributed by atoms with Crippen LogP contribution in [-0.2, 0) is 4.79 Å². The first kappa shape index (κ1) is 11.5. The van der Waals surface area contributed by atoms with E-state index in [0.717, 1.165) is 29.2 Å². The van der Waals surface area contributed by atoms with Crippen molar-refractivity contribution in [2.45, 2.75) is 20.3 Å². The van der Waals surface area contributed by atoms with Crippen LogP contribution in [-0.4, -0.2) is 23.2 Å². The highest BCUT2D eigenvalue weighted by Crippen LogP contribution is 2.26. The van der Waals surface area contributed by atoms with E-state index in [0.29, 0.717) is 12.3 Å². The van der Waals surface area contributed by atoms with Crippen molar-refractivity contribution in [3.63, 3.8) is 0 Å². The van der Waals surface area contributed by atoms with Crippen LogP contribution in [0.1, 0.15) is 17.7 Å². The maximum absolute atomic E-state index is 11.8. The van der Waals surface area contributed by atoms with Gasteiger partial charge in [-0.05, 0) is 37.1 Å². The Labute approximate surface area is 101 Å². The number of carbonyl (C=O) groups is 1. The lowest BCUT2D eigenvalue weighted by Gasteiger charge is -2.17. The van der Waals surface area contributed by atoms with Gasteiger partial charge in [-0.2, -0.15) is 12.6 Å². The Kier molecular flexibility index (Phi) is 3.19. The normalized spacial score (nSPS) is 20.6. The second-order valence-electron chi connectivity index (χ2n) is 4.35. The summed E-state index contributed by atoms with van der Waals surface area (Å²) < 4.78 is 0. The molecule has 1 atom stereocenters. The molecule has 16 heavy (non-hydrogen) atoms. The number of aryl methyl sites for hydroxylation is 2. The van der Waals surface area contributed by atoms with E-state index < -0.39 is 0 Å². The van der Waals surface area contributed by atoms with Crippen LogP contribution in [0.25, 0.3) is 0 Å². The first-order chi connectivity index (χ1) is 7.61. The van der Waals surface area contributed by atoms with E-state index >= 15 is 0 Å². The van der Waals surface area contributed by atoms with Gasteiger partial charge in [0.1, 0.15) is 0 Å². The summed E-state index contributed by atoms with van der Waals surface area (Å²) in [6.45, 7) is 4.76. The molecule has 4 heteroatoms. The Balaban J connectivity index is 2.24. The van der Waals surface area contributed by atoms with Gasteiger partial charge in [0.05, 0.1) is 11.9 Å². The average molecular weight is 236 g/mol. The number of thiol groups is 1. The summed E-state index contributed by atoms with van der Waals surface area (Å²) >= 11 is 4.25. The van der Waals surface area contributed by atoms with Crippen molar-refractivity contribution in [1.82, 2.24) is 4.98 Å². The maximum Gasteiger partial charge on any atom is 0.227 e. The second-order valence-corrected chi connectivity index (χ2v) is 4.72. The lowest BCUT2D eigenvalue weighted by atomic mass is 10.1. The molecule has 0 bridgehead atoms. The molecule has 0 radical (unpaired) electrons. The molecule has 1 unspecified atom stereocenters. The van der Waals surface area contributed by atoms with Crippen molar-refractivity contribution >= 4 is 24.2 Å². The molecule has 1 aromatic heterocycles. The van der Waals surface area contributed by atoms with E-state index in [-0.39, 0.29) is 5.91 Å². The highest BCUT2D eigenvalue weighted by Gasteiger charge is 2.29. The van der Waals surface area contributed by atoms with Crippen LogP contribution in [0.2, 0.25) is 0 Å². The number of carbonyl (C=O) groups excluding carboxylic acids is 1. The van der Waals surface area contributed by atoms with Crippen LogP contribution in [0.15, 0.2) is 12.3 Å². The first-order valence-corrected chi connectivity index (χ1v) is 6.09. The molecular formula is C12H16N2OS. The molecule has 3 nitrogen and oxygen atoms in total. The maximum atomic E-state index is 11.8. The molecule has 86 valence electrons. The van der Waals surface area contributed by atoms with Crippen molar-refractivity contribution in [2.75, 3.05) is 17.2 Å².